The van der Waals surface area contributed by atoms with E-state index in [0.29, 0.717) is 0 Å². The first-order valence-electron chi connectivity index (χ1n) is 10.5. The second kappa shape index (κ2) is 9.41. The molecule has 0 amide bonds. The number of carboxylic acid groups (broad SMARTS) is 1. The molecule has 0 spiro atoms. The van der Waals surface area contributed by atoms with Crippen molar-refractivity contribution in [3.05, 3.63) is 100.0 Å². The highest BCUT2D eigenvalue weighted by atomic mass is 19.4. The summed E-state index contributed by atoms with van der Waals surface area (Å²) in [5, 5.41) is 12.6. The van der Waals surface area contributed by atoms with Gasteiger partial charge in [-0.25, -0.2) is 14.8 Å². The number of anilines is 1. The number of pyridine rings is 1. The summed E-state index contributed by atoms with van der Waals surface area (Å²) in [7, 11) is 0. The molecule has 1 unspecified atom stereocenters. The van der Waals surface area contributed by atoms with Crippen LogP contribution in [0.5, 0.6) is 0 Å². The summed E-state index contributed by atoms with van der Waals surface area (Å²) in [5.74, 6) is -1.26. The third-order valence-corrected chi connectivity index (χ3v) is 5.33. The summed E-state index contributed by atoms with van der Waals surface area (Å²) < 4.78 is 39.9. The molecule has 0 saturated carbocycles. The van der Waals surface area contributed by atoms with Gasteiger partial charge < -0.3 is 15.4 Å². The molecule has 2 heterocycles. The number of nitrogens with one attached hydrogen (secondary N) is 2. The zero-order chi connectivity index (χ0) is 25.2. The lowest BCUT2D eigenvalue weighted by atomic mass is 9.99. The molecule has 10 heteroatoms. The maximum absolute atomic E-state index is 13.3. The highest BCUT2D eigenvalue weighted by molar-refractivity contribution is 5.91. The Hall–Kier alpha value is -4.47. The molecule has 1 atom stereocenters. The predicted molar refractivity (Wildman–Crippen MR) is 124 cm³/mol. The normalized spacial score (nSPS) is 12.2. The van der Waals surface area contributed by atoms with Gasteiger partial charge in [0.05, 0.1) is 23.0 Å². The minimum atomic E-state index is -4.60. The number of aromatic amines is 1. The summed E-state index contributed by atoms with van der Waals surface area (Å²) >= 11 is 0. The third kappa shape index (κ3) is 5.21. The highest BCUT2D eigenvalue weighted by Crippen LogP contribution is 2.35. The maximum atomic E-state index is 13.3. The SMILES string of the molecule is CC(Nc1nccc(-c2cc(C(=O)O)c(=O)[nH]c2-c2cccc(C(F)(F)F)c2)n1)c1ccccc1. The van der Waals surface area contributed by atoms with E-state index in [4.69, 9.17) is 0 Å². The molecule has 0 radical (unpaired) electrons. The van der Waals surface area contributed by atoms with Crippen LogP contribution in [0.1, 0.15) is 34.5 Å². The van der Waals surface area contributed by atoms with Gasteiger partial charge >= 0.3 is 12.1 Å². The number of H-pyrrole nitrogens is 1. The lowest BCUT2D eigenvalue weighted by Crippen LogP contribution is -2.19. The van der Waals surface area contributed by atoms with Crippen molar-refractivity contribution in [1.29, 1.82) is 0 Å². The molecule has 178 valence electrons. The van der Waals surface area contributed by atoms with Gasteiger partial charge in [0.2, 0.25) is 5.95 Å². The van der Waals surface area contributed by atoms with Crippen LogP contribution in [-0.4, -0.2) is 26.0 Å². The molecule has 35 heavy (non-hydrogen) atoms. The van der Waals surface area contributed by atoms with Crippen molar-refractivity contribution in [2.75, 3.05) is 5.32 Å². The predicted octanol–water partition coefficient (Wildman–Crippen LogP) is 5.39. The monoisotopic (exact) mass is 480 g/mol. The van der Waals surface area contributed by atoms with E-state index in [-0.39, 0.29) is 34.5 Å². The summed E-state index contributed by atoms with van der Waals surface area (Å²) in [6.07, 6.45) is -3.17. The third-order valence-electron chi connectivity index (χ3n) is 5.33. The molecule has 0 fully saturated rings. The molecular formula is C25H19F3N4O3. The number of alkyl halides is 3. The molecule has 0 saturated heterocycles. The number of rotatable bonds is 6. The molecule has 2 aromatic carbocycles. The second-order valence-corrected chi connectivity index (χ2v) is 7.73. The fourth-order valence-electron chi connectivity index (χ4n) is 3.57. The lowest BCUT2D eigenvalue weighted by molar-refractivity contribution is -0.137. The number of carboxylic acids is 1. The van der Waals surface area contributed by atoms with Gasteiger partial charge in [-0.3, -0.25) is 4.79 Å². The number of nitrogens with zero attached hydrogens (tertiary/aromatic N) is 2. The Morgan fingerprint density at radius 2 is 1.80 bits per heavy atom. The summed E-state index contributed by atoms with van der Waals surface area (Å²) in [4.78, 5) is 35.0. The molecule has 2 aromatic heterocycles. The number of benzene rings is 2. The van der Waals surface area contributed by atoms with Gasteiger partial charge in [-0.2, -0.15) is 13.2 Å². The van der Waals surface area contributed by atoms with E-state index in [1.165, 1.54) is 24.4 Å². The maximum Gasteiger partial charge on any atom is 0.416 e. The zero-order valence-electron chi connectivity index (χ0n) is 18.3. The average Bonchev–Trinajstić information content (AvgIpc) is 2.84. The van der Waals surface area contributed by atoms with E-state index < -0.39 is 28.8 Å². The molecule has 0 aliphatic rings. The van der Waals surface area contributed by atoms with Crippen molar-refractivity contribution < 1.29 is 23.1 Å². The Morgan fingerprint density at radius 1 is 1.06 bits per heavy atom. The Kier molecular flexibility index (Phi) is 6.37. The van der Waals surface area contributed by atoms with Gasteiger partial charge in [-0.1, -0.05) is 42.5 Å². The second-order valence-electron chi connectivity index (χ2n) is 7.73. The van der Waals surface area contributed by atoms with E-state index in [2.05, 4.69) is 20.3 Å². The molecule has 0 aliphatic heterocycles. The molecule has 4 aromatic rings. The van der Waals surface area contributed by atoms with E-state index in [9.17, 15) is 27.9 Å². The van der Waals surface area contributed by atoms with Crippen LogP contribution in [0.15, 0.2) is 77.7 Å². The quantitative estimate of drug-likeness (QED) is 0.342. The standard InChI is InChI=1S/C25H19F3N4O3/c1-14(15-6-3-2-4-7-15)30-24-29-11-10-20(31-24)18-13-19(23(34)35)22(33)32-21(18)16-8-5-9-17(12-16)25(26,27)28/h2-14H,1H3,(H,32,33)(H,34,35)(H,29,30,31). The Balaban J connectivity index is 1.82. The van der Waals surface area contributed by atoms with Crippen LogP contribution in [0.2, 0.25) is 0 Å². The topological polar surface area (TPSA) is 108 Å². The molecule has 0 bridgehead atoms. The summed E-state index contributed by atoms with van der Waals surface area (Å²) in [5.41, 5.74) is -1.04. The number of halogens is 3. The van der Waals surface area contributed by atoms with Crippen LogP contribution in [0.25, 0.3) is 22.5 Å². The van der Waals surface area contributed by atoms with Gasteiger partial charge in [0, 0.05) is 11.8 Å². The van der Waals surface area contributed by atoms with Crippen molar-refractivity contribution in [3.8, 4) is 22.5 Å². The van der Waals surface area contributed by atoms with E-state index >= 15 is 0 Å². The van der Waals surface area contributed by atoms with Crippen LogP contribution in [0.4, 0.5) is 19.1 Å². The van der Waals surface area contributed by atoms with Crippen LogP contribution in [0.3, 0.4) is 0 Å². The molecule has 4 rings (SSSR count). The Labute approximate surface area is 197 Å². The van der Waals surface area contributed by atoms with E-state index in [1.807, 2.05) is 37.3 Å². The number of hydrogen-bond acceptors (Lipinski definition) is 5. The molecule has 3 N–H and O–H groups in total. The van der Waals surface area contributed by atoms with E-state index in [1.54, 1.807) is 0 Å². The number of hydrogen-bond donors (Lipinski definition) is 3. The van der Waals surface area contributed by atoms with Gasteiger partial charge in [0.25, 0.3) is 5.56 Å². The minimum absolute atomic E-state index is 0.00635. The van der Waals surface area contributed by atoms with Gasteiger partial charge in [0.15, 0.2) is 0 Å². The molecule has 0 aliphatic carbocycles. The Bertz CT molecular complexity index is 1440. The van der Waals surface area contributed by atoms with Gasteiger partial charge in [-0.15, -0.1) is 0 Å². The number of aromatic carboxylic acids is 1. The zero-order valence-corrected chi connectivity index (χ0v) is 18.3. The highest BCUT2D eigenvalue weighted by Gasteiger charge is 2.31. The van der Waals surface area contributed by atoms with Crippen molar-refractivity contribution >= 4 is 11.9 Å². The van der Waals surface area contributed by atoms with Gasteiger partial charge in [-0.05, 0) is 42.3 Å². The summed E-state index contributed by atoms with van der Waals surface area (Å²) in [6.45, 7) is 1.90. The summed E-state index contributed by atoms with van der Waals surface area (Å²) in [6, 6.07) is 16.3. The molecule has 7 nitrogen and oxygen atoms in total. The fraction of sp³-hybridized carbons (Fsp3) is 0.120. The van der Waals surface area contributed by atoms with Gasteiger partial charge in [0.1, 0.15) is 5.56 Å². The first-order chi connectivity index (χ1) is 16.6. The van der Waals surface area contributed by atoms with Crippen LogP contribution in [0, 0.1) is 0 Å². The van der Waals surface area contributed by atoms with Crippen LogP contribution in [-0.2, 0) is 6.18 Å². The van der Waals surface area contributed by atoms with Crippen molar-refractivity contribution in [3.63, 3.8) is 0 Å². The minimum Gasteiger partial charge on any atom is -0.477 e. The number of carbonyl (C=O) groups is 1. The first kappa shape index (κ1) is 23.7. The largest absolute Gasteiger partial charge is 0.477 e. The average molecular weight is 480 g/mol. The van der Waals surface area contributed by atoms with Crippen molar-refractivity contribution in [2.24, 2.45) is 0 Å². The molecular weight excluding hydrogens is 461 g/mol. The Morgan fingerprint density at radius 3 is 2.49 bits per heavy atom. The smallest absolute Gasteiger partial charge is 0.416 e. The van der Waals surface area contributed by atoms with Crippen LogP contribution < -0.4 is 10.9 Å². The fourth-order valence-corrected chi connectivity index (χ4v) is 3.57. The van der Waals surface area contributed by atoms with E-state index in [0.717, 1.165) is 23.8 Å². The first-order valence-corrected chi connectivity index (χ1v) is 10.5. The lowest BCUT2D eigenvalue weighted by Gasteiger charge is -2.16. The van der Waals surface area contributed by atoms with Crippen molar-refractivity contribution in [1.82, 2.24) is 15.0 Å². The number of aromatic nitrogens is 3. The van der Waals surface area contributed by atoms with Crippen molar-refractivity contribution in [2.45, 2.75) is 19.1 Å². The van der Waals surface area contributed by atoms with Crippen LogP contribution >= 0.6 is 0 Å².